The molecule has 0 spiro atoms. The highest BCUT2D eigenvalue weighted by Crippen LogP contribution is 2.21. The van der Waals surface area contributed by atoms with Crippen molar-refractivity contribution in [2.24, 2.45) is 5.92 Å². The van der Waals surface area contributed by atoms with Gasteiger partial charge in [0.05, 0.1) is 7.11 Å². The molecule has 0 radical (unpaired) electrons. The lowest BCUT2D eigenvalue weighted by Gasteiger charge is -2.18. The molecule has 0 aliphatic rings. The first kappa shape index (κ1) is 21.8. The summed E-state index contributed by atoms with van der Waals surface area (Å²) in [4.78, 5) is 35.2. The van der Waals surface area contributed by atoms with Crippen molar-refractivity contribution in [1.82, 2.24) is 5.32 Å². The van der Waals surface area contributed by atoms with E-state index in [1.54, 1.807) is 25.1 Å². The number of hydrogen-bond donors (Lipinski definition) is 1. The Labute approximate surface area is 157 Å². The lowest BCUT2D eigenvalue weighted by atomic mass is 10.0. The number of ether oxygens (including phenoxy) is 3. The molecule has 1 amide bonds. The number of esters is 2. The van der Waals surface area contributed by atoms with Crippen LogP contribution in [0.3, 0.4) is 0 Å². The number of carbonyl (C=O) groups excluding carboxylic acids is 3. The average Bonchev–Trinajstić information content (AvgIpc) is 2.57. The molecular weight excluding hydrogens is 362 g/mol. The zero-order valence-electron chi connectivity index (χ0n) is 15.3. The normalized spacial score (nSPS) is 11.6. The van der Waals surface area contributed by atoms with Crippen molar-refractivity contribution in [3.8, 4) is 5.75 Å². The summed E-state index contributed by atoms with van der Waals surface area (Å²) in [6.45, 7) is 4.77. The summed E-state index contributed by atoms with van der Waals surface area (Å²) in [5, 5.41) is 3.06. The van der Waals surface area contributed by atoms with Crippen molar-refractivity contribution in [2.45, 2.75) is 33.2 Å². The highest BCUT2D eigenvalue weighted by Gasteiger charge is 2.23. The summed E-state index contributed by atoms with van der Waals surface area (Å²) in [6, 6.07) is 4.21. The molecule has 0 fully saturated rings. The van der Waals surface area contributed by atoms with Crippen molar-refractivity contribution in [2.75, 3.05) is 20.3 Å². The van der Waals surface area contributed by atoms with Crippen LogP contribution in [-0.2, 0) is 23.9 Å². The Morgan fingerprint density at radius 3 is 2.46 bits per heavy atom. The third-order valence-electron chi connectivity index (χ3n) is 3.37. The second kappa shape index (κ2) is 10.7. The molecule has 0 aromatic heterocycles. The van der Waals surface area contributed by atoms with Crippen molar-refractivity contribution in [1.29, 1.82) is 0 Å². The lowest BCUT2D eigenvalue weighted by molar-refractivity contribution is -0.151. The maximum absolute atomic E-state index is 11.9. The van der Waals surface area contributed by atoms with Crippen LogP contribution < -0.4 is 10.1 Å². The molecule has 1 aromatic rings. The highest BCUT2D eigenvalue weighted by molar-refractivity contribution is 6.30. The molecule has 144 valence electrons. The molecular formula is C18H24ClNO6. The van der Waals surface area contributed by atoms with Crippen LogP contribution >= 0.6 is 11.6 Å². The van der Waals surface area contributed by atoms with Crippen LogP contribution in [0, 0.1) is 12.8 Å². The first-order valence-electron chi connectivity index (χ1n) is 8.14. The van der Waals surface area contributed by atoms with Gasteiger partial charge >= 0.3 is 11.9 Å². The fourth-order valence-electron chi connectivity index (χ4n) is 2.16. The van der Waals surface area contributed by atoms with Gasteiger partial charge in [0.2, 0.25) is 0 Å². The average molecular weight is 386 g/mol. The van der Waals surface area contributed by atoms with Gasteiger partial charge in [0.15, 0.2) is 13.2 Å². The molecule has 0 saturated carbocycles. The van der Waals surface area contributed by atoms with E-state index < -0.39 is 30.5 Å². The molecule has 0 heterocycles. The zero-order chi connectivity index (χ0) is 19.7. The van der Waals surface area contributed by atoms with Crippen LogP contribution in [0.5, 0.6) is 5.75 Å². The third-order valence-corrected chi connectivity index (χ3v) is 3.61. The molecule has 1 aromatic carbocycles. The summed E-state index contributed by atoms with van der Waals surface area (Å²) in [5.74, 6) is -1.15. The Hall–Kier alpha value is -2.28. The monoisotopic (exact) mass is 385 g/mol. The minimum absolute atomic E-state index is 0.179. The van der Waals surface area contributed by atoms with Crippen LogP contribution in [0.25, 0.3) is 0 Å². The van der Waals surface area contributed by atoms with Crippen molar-refractivity contribution < 1.29 is 28.6 Å². The van der Waals surface area contributed by atoms with E-state index in [4.69, 9.17) is 21.1 Å². The smallest absolute Gasteiger partial charge is 0.344 e. The Kier molecular flexibility index (Phi) is 8.92. The summed E-state index contributed by atoms with van der Waals surface area (Å²) >= 11 is 5.85. The van der Waals surface area contributed by atoms with Crippen LogP contribution in [0.2, 0.25) is 5.02 Å². The number of rotatable bonds is 9. The summed E-state index contributed by atoms with van der Waals surface area (Å²) in [6.07, 6.45) is 0.422. The topological polar surface area (TPSA) is 90.9 Å². The van der Waals surface area contributed by atoms with Crippen molar-refractivity contribution in [3.63, 3.8) is 0 Å². The van der Waals surface area contributed by atoms with E-state index in [2.05, 4.69) is 10.1 Å². The first-order chi connectivity index (χ1) is 12.2. The molecule has 1 rings (SSSR count). The van der Waals surface area contributed by atoms with Gasteiger partial charge in [0.25, 0.3) is 5.91 Å². The Morgan fingerprint density at radius 1 is 1.19 bits per heavy atom. The Balaban J connectivity index is 2.42. The maximum atomic E-state index is 11.9. The molecule has 0 bridgehead atoms. The number of methoxy groups -OCH3 is 1. The minimum atomic E-state index is -0.779. The van der Waals surface area contributed by atoms with E-state index >= 15 is 0 Å². The molecule has 8 heteroatoms. The lowest BCUT2D eigenvalue weighted by Crippen LogP contribution is -2.44. The van der Waals surface area contributed by atoms with Gasteiger partial charge in [-0.15, -0.1) is 0 Å². The first-order valence-corrected chi connectivity index (χ1v) is 8.52. The van der Waals surface area contributed by atoms with Crippen LogP contribution in [0.15, 0.2) is 18.2 Å². The standard InChI is InChI=1S/C18H24ClNO6/c1-11(2)7-14(18(23)24-4)20-16(21)9-26-17(22)10-25-15-6-5-13(19)8-12(15)3/h5-6,8,11,14H,7,9-10H2,1-4H3,(H,20,21)/t14-/m1/s1. The molecule has 1 N–H and O–H groups in total. The van der Waals surface area contributed by atoms with Crippen LogP contribution in [0.1, 0.15) is 25.8 Å². The van der Waals surface area contributed by atoms with Crippen molar-refractivity contribution >= 4 is 29.4 Å². The molecule has 0 aliphatic carbocycles. The van der Waals surface area contributed by atoms with Gasteiger partial charge in [0, 0.05) is 5.02 Å². The van der Waals surface area contributed by atoms with Gasteiger partial charge in [-0.3, -0.25) is 4.79 Å². The number of aryl methyl sites for hydroxylation is 1. The van der Waals surface area contributed by atoms with E-state index in [1.165, 1.54) is 7.11 Å². The van der Waals surface area contributed by atoms with Crippen LogP contribution in [0.4, 0.5) is 0 Å². The quantitative estimate of drug-likeness (QED) is 0.656. The van der Waals surface area contributed by atoms with E-state index in [9.17, 15) is 14.4 Å². The number of nitrogens with one attached hydrogen (secondary N) is 1. The SMILES string of the molecule is COC(=O)[C@@H](CC(C)C)NC(=O)COC(=O)COc1ccc(Cl)cc1C. The highest BCUT2D eigenvalue weighted by atomic mass is 35.5. The Bertz CT molecular complexity index is 647. The van der Waals surface area contributed by atoms with E-state index in [1.807, 2.05) is 13.8 Å². The van der Waals surface area contributed by atoms with Gasteiger partial charge in [-0.05, 0) is 43.0 Å². The largest absolute Gasteiger partial charge is 0.482 e. The predicted octanol–water partition coefficient (Wildman–Crippen LogP) is 2.27. The van der Waals surface area contributed by atoms with E-state index in [0.717, 1.165) is 5.56 Å². The van der Waals surface area contributed by atoms with Gasteiger partial charge in [-0.1, -0.05) is 25.4 Å². The van der Waals surface area contributed by atoms with E-state index in [-0.39, 0.29) is 12.5 Å². The number of hydrogen-bond acceptors (Lipinski definition) is 6. The molecule has 0 aliphatic heterocycles. The second-order valence-corrected chi connectivity index (χ2v) is 6.57. The molecule has 1 atom stereocenters. The van der Waals surface area contributed by atoms with Gasteiger partial charge in [-0.2, -0.15) is 0 Å². The number of halogens is 1. The number of benzene rings is 1. The number of amides is 1. The summed E-state index contributed by atoms with van der Waals surface area (Å²) in [7, 11) is 1.25. The predicted molar refractivity (Wildman–Crippen MR) is 96.0 cm³/mol. The van der Waals surface area contributed by atoms with E-state index in [0.29, 0.717) is 17.2 Å². The fourth-order valence-corrected chi connectivity index (χ4v) is 2.39. The Morgan fingerprint density at radius 2 is 1.88 bits per heavy atom. The molecule has 7 nitrogen and oxygen atoms in total. The minimum Gasteiger partial charge on any atom is -0.482 e. The summed E-state index contributed by atoms with van der Waals surface area (Å²) in [5.41, 5.74) is 0.776. The molecule has 26 heavy (non-hydrogen) atoms. The second-order valence-electron chi connectivity index (χ2n) is 6.13. The zero-order valence-corrected chi connectivity index (χ0v) is 16.1. The maximum Gasteiger partial charge on any atom is 0.344 e. The summed E-state index contributed by atoms with van der Waals surface area (Å²) < 4.78 is 14.8. The number of carbonyl (C=O) groups is 3. The molecule has 0 saturated heterocycles. The van der Waals surface area contributed by atoms with Gasteiger partial charge in [-0.25, -0.2) is 9.59 Å². The third kappa shape index (κ3) is 7.74. The molecule has 0 unspecified atom stereocenters. The van der Waals surface area contributed by atoms with Gasteiger partial charge < -0.3 is 19.5 Å². The van der Waals surface area contributed by atoms with Crippen molar-refractivity contribution in [3.05, 3.63) is 28.8 Å². The van der Waals surface area contributed by atoms with Crippen LogP contribution in [-0.4, -0.2) is 44.2 Å². The van der Waals surface area contributed by atoms with Gasteiger partial charge in [0.1, 0.15) is 11.8 Å². The fraction of sp³-hybridized carbons (Fsp3) is 0.500.